The van der Waals surface area contributed by atoms with Gasteiger partial charge in [0.1, 0.15) is 11.6 Å². The van der Waals surface area contributed by atoms with E-state index in [9.17, 15) is 0 Å². The number of allylic oxidation sites excluding steroid dienone is 1. The summed E-state index contributed by atoms with van der Waals surface area (Å²) in [6.07, 6.45) is 2.79. The van der Waals surface area contributed by atoms with Crippen LogP contribution in [0.25, 0.3) is 11.0 Å². The lowest BCUT2D eigenvalue weighted by atomic mass is 10.0. The summed E-state index contributed by atoms with van der Waals surface area (Å²) in [5.41, 5.74) is 8.34. The number of hydrogen-bond acceptors (Lipinski definition) is 3. The van der Waals surface area contributed by atoms with Crippen molar-refractivity contribution in [3.05, 3.63) is 36.7 Å². The largest absolute Gasteiger partial charge is 0.494 e. The third-order valence-electron chi connectivity index (χ3n) is 3.43. The maximum Gasteiger partial charge on any atom is 0.127 e. The SMILES string of the molecule is C=CCn1c(C(N)CC(C)C)nc2cc(OCC)ccc21. The Balaban J connectivity index is 2.47. The topological polar surface area (TPSA) is 53.1 Å². The molecule has 0 spiro atoms. The minimum Gasteiger partial charge on any atom is -0.494 e. The van der Waals surface area contributed by atoms with Crippen molar-refractivity contribution >= 4 is 11.0 Å². The van der Waals surface area contributed by atoms with Crippen LogP contribution in [0.3, 0.4) is 0 Å². The number of fused-ring (bicyclic) bond motifs is 1. The number of ether oxygens (including phenoxy) is 1. The van der Waals surface area contributed by atoms with Crippen LogP contribution in [0, 0.1) is 5.92 Å². The number of nitrogens with two attached hydrogens (primary N) is 1. The number of benzene rings is 1. The molecule has 4 heteroatoms. The summed E-state index contributed by atoms with van der Waals surface area (Å²) in [7, 11) is 0. The van der Waals surface area contributed by atoms with E-state index in [1.54, 1.807) is 0 Å². The molecule has 0 bridgehead atoms. The maximum atomic E-state index is 6.34. The van der Waals surface area contributed by atoms with E-state index in [-0.39, 0.29) is 6.04 Å². The van der Waals surface area contributed by atoms with Gasteiger partial charge >= 0.3 is 0 Å². The quantitative estimate of drug-likeness (QED) is 0.791. The molecular formula is C17H25N3O. The van der Waals surface area contributed by atoms with Crippen LogP contribution in [0.1, 0.15) is 39.1 Å². The Labute approximate surface area is 126 Å². The van der Waals surface area contributed by atoms with Gasteiger partial charge in [-0.1, -0.05) is 19.9 Å². The van der Waals surface area contributed by atoms with Crippen molar-refractivity contribution < 1.29 is 4.74 Å². The summed E-state index contributed by atoms with van der Waals surface area (Å²) in [6.45, 7) is 11.5. The molecule has 1 aromatic heterocycles. The Morgan fingerprint density at radius 3 is 2.81 bits per heavy atom. The van der Waals surface area contributed by atoms with Crippen molar-refractivity contribution in [2.45, 2.75) is 39.8 Å². The van der Waals surface area contributed by atoms with E-state index in [0.717, 1.165) is 29.0 Å². The van der Waals surface area contributed by atoms with Gasteiger partial charge in [0.15, 0.2) is 0 Å². The number of imidazole rings is 1. The molecule has 0 aliphatic heterocycles. The van der Waals surface area contributed by atoms with Crippen LogP contribution in [-0.4, -0.2) is 16.2 Å². The van der Waals surface area contributed by atoms with E-state index in [0.29, 0.717) is 19.1 Å². The van der Waals surface area contributed by atoms with Crippen LogP contribution in [0.5, 0.6) is 5.75 Å². The summed E-state index contributed by atoms with van der Waals surface area (Å²) in [6, 6.07) is 5.94. The lowest BCUT2D eigenvalue weighted by Crippen LogP contribution is -2.18. The van der Waals surface area contributed by atoms with Crippen molar-refractivity contribution in [3.63, 3.8) is 0 Å². The number of rotatable bonds is 7. The van der Waals surface area contributed by atoms with Gasteiger partial charge in [-0.3, -0.25) is 0 Å². The molecular weight excluding hydrogens is 262 g/mol. The van der Waals surface area contributed by atoms with Crippen LogP contribution in [0.4, 0.5) is 0 Å². The molecule has 1 atom stereocenters. The zero-order chi connectivity index (χ0) is 15.4. The third kappa shape index (κ3) is 3.45. The number of aromatic nitrogens is 2. The van der Waals surface area contributed by atoms with E-state index in [2.05, 4.69) is 25.0 Å². The molecule has 0 fully saturated rings. The van der Waals surface area contributed by atoms with Crippen LogP contribution < -0.4 is 10.5 Å². The molecule has 4 nitrogen and oxygen atoms in total. The lowest BCUT2D eigenvalue weighted by Gasteiger charge is -2.15. The molecule has 0 radical (unpaired) electrons. The highest BCUT2D eigenvalue weighted by Gasteiger charge is 2.17. The van der Waals surface area contributed by atoms with Crippen LogP contribution in [0.15, 0.2) is 30.9 Å². The summed E-state index contributed by atoms with van der Waals surface area (Å²) < 4.78 is 7.69. The van der Waals surface area contributed by atoms with Gasteiger partial charge in [0.2, 0.25) is 0 Å². The molecule has 0 aliphatic carbocycles. The minimum absolute atomic E-state index is 0.0621. The molecule has 114 valence electrons. The highest BCUT2D eigenvalue weighted by Crippen LogP contribution is 2.26. The Morgan fingerprint density at radius 2 is 2.19 bits per heavy atom. The first-order valence-corrected chi connectivity index (χ1v) is 7.56. The predicted octanol–water partition coefficient (Wildman–Crippen LogP) is 3.67. The van der Waals surface area contributed by atoms with Crippen molar-refractivity contribution in [1.82, 2.24) is 9.55 Å². The molecule has 2 N–H and O–H groups in total. The monoisotopic (exact) mass is 287 g/mol. The Bertz CT molecular complexity index is 616. The van der Waals surface area contributed by atoms with Gasteiger partial charge in [-0.25, -0.2) is 4.98 Å². The molecule has 0 aliphatic rings. The van der Waals surface area contributed by atoms with Gasteiger partial charge in [0.25, 0.3) is 0 Å². The number of nitrogens with zero attached hydrogens (tertiary/aromatic N) is 2. The fourth-order valence-electron chi connectivity index (χ4n) is 2.60. The first kappa shape index (κ1) is 15.6. The van der Waals surface area contributed by atoms with Gasteiger partial charge in [-0.2, -0.15) is 0 Å². The molecule has 1 heterocycles. The van der Waals surface area contributed by atoms with E-state index in [4.69, 9.17) is 15.5 Å². The van der Waals surface area contributed by atoms with E-state index in [1.807, 2.05) is 31.2 Å². The van der Waals surface area contributed by atoms with Crippen molar-refractivity contribution in [1.29, 1.82) is 0 Å². The number of hydrogen-bond donors (Lipinski definition) is 1. The highest BCUT2D eigenvalue weighted by molar-refractivity contribution is 5.78. The molecule has 1 aromatic carbocycles. The fourth-order valence-corrected chi connectivity index (χ4v) is 2.60. The predicted molar refractivity (Wildman–Crippen MR) is 87.5 cm³/mol. The molecule has 21 heavy (non-hydrogen) atoms. The second-order valence-electron chi connectivity index (χ2n) is 5.69. The first-order chi connectivity index (χ1) is 10.1. The van der Waals surface area contributed by atoms with E-state index < -0.39 is 0 Å². The highest BCUT2D eigenvalue weighted by atomic mass is 16.5. The standard InChI is InChI=1S/C17H25N3O/c1-5-9-20-16-8-7-13(21-6-2)11-15(16)19-17(20)14(18)10-12(3)4/h5,7-8,11-12,14H,1,6,9-10,18H2,2-4H3. The van der Waals surface area contributed by atoms with Crippen LogP contribution in [-0.2, 0) is 6.54 Å². The second kappa shape index (κ2) is 6.76. The minimum atomic E-state index is -0.0621. The van der Waals surface area contributed by atoms with Gasteiger partial charge in [0.05, 0.1) is 23.7 Å². The van der Waals surface area contributed by atoms with Gasteiger partial charge < -0.3 is 15.0 Å². The molecule has 0 saturated heterocycles. The smallest absolute Gasteiger partial charge is 0.127 e. The first-order valence-electron chi connectivity index (χ1n) is 7.56. The maximum absolute atomic E-state index is 6.34. The molecule has 2 aromatic rings. The fraction of sp³-hybridized carbons (Fsp3) is 0.471. The Hall–Kier alpha value is -1.81. The molecule has 0 saturated carbocycles. The Kier molecular flexibility index (Phi) is 5.02. The average molecular weight is 287 g/mol. The van der Waals surface area contributed by atoms with E-state index >= 15 is 0 Å². The van der Waals surface area contributed by atoms with Crippen molar-refractivity contribution in [3.8, 4) is 5.75 Å². The van der Waals surface area contributed by atoms with Gasteiger partial charge in [-0.05, 0) is 31.4 Å². The average Bonchev–Trinajstić information content (AvgIpc) is 2.77. The molecule has 1 unspecified atom stereocenters. The molecule has 2 rings (SSSR count). The molecule has 0 amide bonds. The third-order valence-corrected chi connectivity index (χ3v) is 3.43. The summed E-state index contributed by atoms with van der Waals surface area (Å²) in [5, 5.41) is 0. The van der Waals surface area contributed by atoms with Crippen molar-refractivity contribution in [2.24, 2.45) is 11.7 Å². The van der Waals surface area contributed by atoms with Crippen molar-refractivity contribution in [2.75, 3.05) is 6.61 Å². The summed E-state index contributed by atoms with van der Waals surface area (Å²) >= 11 is 0. The van der Waals surface area contributed by atoms with Crippen LogP contribution >= 0.6 is 0 Å². The van der Waals surface area contributed by atoms with Gasteiger partial charge in [0, 0.05) is 12.6 Å². The summed E-state index contributed by atoms with van der Waals surface area (Å²) in [4.78, 5) is 4.74. The zero-order valence-electron chi connectivity index (χ0n) is 13.2. The second-order valence-corrected chi connectivity index (χ2v) is 5.69. The van der Waals surface area contributed by atoms with E-state index in [1.165, 1.54) is 0 Å². The zero-order valence-corrected chi connectivity index (χ0v) is 13.2. The normalized spacial score (nSPS) is 12.8. The lowest BCUT2D eigenvalue weighted by molar-refractivity contribution is 0.340. The Morgan fingerprint density at radius 1 is 1.43 bits per heavy atom. The summed E-state index contributed by atoms with van der Waals surface area (Å²) in [5.74, 6) is 2.31. The van der Waals surface area contributed by atoms with Crippen LogP contribution in [0.2, 0.25) is 0 Å². The van der Waals surface area contributed by atoms with Gasteiger partial charge in [-0.15, -0.1) is 6.58 Å².